The molecule has 0 radical (unpaired) electrons. The quantitative estimate of drug-likeness (QED) is 0.104. The molecule has 0 aliphatic heterocycles. The molecule has 206 valence electrons. The zero-order chi connectivity index (χ0) is 28.6. The van der Waals surface area contributed by atoms with Crippen molar-refractivity contribution >= 4 is 27.9 Å². The number of hydrogen-bond acceptors (Lipinski definition) is 4. The van der Waals surface area contributed by atoms with Crippen LogP contribution in [0, 0.1) is 0 Å². The van der Waals surface area contributed by atoms with E-state index in [9.17, 15) is 0 Å². The van der Waals surface area contributed by atoms with Crippen molar-refractivity contribution in [2.75, 3.05) is 0 Å². The Bertz CT molecular complexity index is 1280. The van der Waals surface area contributed by atoms with Gasteiger partial charge in [-0.2, -0.15) is 10.2 Å². The van der Waals surface area contributed by atoms with Crippen LogP contribution in [-0.4, -0.2) is 37.2 Å². The predicted molar refractivity (Wildman–Crippen MR) is 177 cm³/mol. The van der Waals surface area contributed by atoms with Gasteiger partial charge in [-0.05, 0) is 11.1 Å². The molecule has 0 saturated carbocycles. The summed E-state index contributed by atoms with van der Waals surface area (Å²) in [5.41, 5.74) is 6.45. The zero-order valence-electron chi connectivity index (χ0n) is 24.8. The van der Waals surface area contributed by atoms with E-state index in [1.165, 1.54) is 11.1 Å². The lowest BCUT2D eigenvalue weighted by Gasteiger charge is -2.34. The summed E-state index contributed by atoms with van der Waals surface area (Å²) in [5.74, 6) is 0. The minimum absolute atomic E-state index is 0.761. The van der Waals surface area contributed by atoms with Crippen molar-refractivity contribution in [1.29, 1.82) is 0 Å². The average molecular weight is 563 g/mol. The van der Waals surface area contributed by atoms with Crippen LogP contribution in [0.5, 0.6) is 0 Å². The van der Waals surface area contributed by atoms with Gasteiger partial charge in [0, 0.05) is 11.1 Å². The molecule has 0 unspecified atom stereocenters. The first-order chi connectivity index (χ1) is 19.1. The van der Waals surface area contributed by atoms with Crippen LogP contribution < -0.4 is 0 Å². The van der Waals surface area contributed by atoms with Crippen LogP contribution in [0.4, 0.5) is 0 Å². The fraction of sp³-hybridized carbons (Fsp3) is 0.235. The van der Waals surface area contributed by atoms with E-state index in [-0.39, 0.29) is 0 Å². The molecule has 0 aliphatic carbocycles. The second-order valence-electron chi connectivity index (χ2n) is 12.1. The molecule has 4 aromatic carbocycles. The molecule has 40 heavy (non-hydrogen) atoms. The van der Waals surface area contributed by atoms with Crippen LogP contribution in [0.2, 0.25) is 39.3 Å². The molecule has 0 bridgehead atoms. The summed E-state index contributed by atoms with van der Waals surface area (Å²) in [6.45, 7) is 15.6. The van der Waals surface area contributed by atoms with E-state index in [0.717, 1.165) is 35.6 Å². The molecular formula is C34H42N4Si2. The van der Waals surface area contributed by atoms with Crippen LogP contribution in [0.1, 0.15) is 22.3 Å². The van der Waals surface area contributed by atoms with E-state index in [2.05, 4.69) is 170 Å². The van der Waals surface area contributed by atoms with Crippen molar-refractivity contribution in [2.45, 2.75) is 52.4 Å². The van der Waals surface area contributed by atoms with Crippen molar-refractivity contribution < 1.29 is 0 Å². The summed E-state index contributed by atoms with van der Waals surface area (Å²) in [6, 6.07) is 42.4. The Morgan fingerprint density at radius 2 is 0.725 bits per heavy atom. The minimum Gasteiger partial charge on any atom is -0.320 e. The Morgan fingerprint density at radius 1 is 0.450 bits per heavy atom. The third kappa shape index (κ3) is 8.13. The molecule has 0 saturated heterocycles. The van der Waals surface area contributed by atoms with Crippen LogP contribution in [-0.2, 0) is 13.1 Å². The number of rotatable bonds is 11. The number of nitrogens with zero attached hydrogens (tertiary/aromatic N) is 4. The SMILES string of the molecule is C[Si](C)(C)N(Cc1ccccc1)/N=C(/C(=N/N(Cc1ccccc1)[Si](C)(C)C)c1ccccc1)c1ccccc1. The Balaban J connectivity index is 1.93. The third-order valence-electron chi connectivity index (χ3n) is 6.66. The summed E-state index contributed by atoms with van der Waals surface area (Å²) in [4.78, 5) is 0. The molecule has 0 N–H and O–H groups in total. The van der Waals surface area contributed by atoms with Gasteiger partial charge in [0.25, 0.3) is 0 Å². The van der Waals surface area contributed by atoms with E-state index in [1.807, 2.05) is 0 Å². The van der Waals surface area contributed by atoms with E-state index < -0.39 is 16.5 Å². The Morgan fingerprint density at radius 3 is 1.00 bits per heavy atom. The van der Waals surface area contributed by atoms with Crippen molar-refractivity contribution in [3.05, 3.63) is 144 Å². The van der Waals surface area contributed by atoms with Gasteiger partial charge in [0.1, 0.15) is 11.4 Å². The first kappa shape index (κ1) is 29.2. The van der Waals surface area contributed by atoms with Gasteiger partial charge in [-0.3, -0.25) is 0 Å². The molecule has 0 amide bonds. The molecule has 4 nitrogen and oxygen atoms in total. The molecule has 6 heteroatoms. The van der Waals surface area contributed by atoms with Crippen molar-refractivity contribution in [1.82, 2.24) is 9.35 Å². The molecule has 0 spiro atoms. The topological polar surface area (TPSA) is 31.2 Å². The first-order valence-corrected chi connectivity index (χ1v) is 20.9. The minimum atomic E-state index is -1.86. The maximum atomic E-state index is 5.50. The number of hydrazone groups is 2. The van der Waals surface area contributed by atoms with Gasteiger partial charge in [-0.1, -0.05) is 161 Å². The first-order valence-electron chi connectivity index (χ1n) is 14.0. The normalized spacial score (nSPS) is 12.8. The van der Waals surface area contributed by atoms with E-state index >= 15 is 0 Å². The highest BCUT2D eigenvalue weighted by molar-refractivity contribution is 6.74. The summed E-state index contributed by atoms with van der Waals surface area (Å²) in [5, 5.41) is 11.0. The third-order valence-corrected chi connectivity index (χ3v) is 10.3. The predicted octanol–water partition coefficient (Wildman–Crippen LogP) is 8.47. The van der Waals surface area contributed by atoms with Crippen molar-refractivity contribution in [3.63, 3.8) is 0 Å². The monoisotopic (exact) mass is 562 g/mol. The molecule has 0 atom stereocenters. The Labute approximate surface area is 242 Å². The smallest absolute Gasteiger partial charge is 0.169 e. The Kier molecular flexibility index (Phi) is 9.56. The summed E-state index contributed by atoms with van der Waals surface area (Å²) < 4.78 is 4.67. The average Bonchev–Trinajstić information content (AvgIpc) is 2.94. The van der Waals surface area contributed by atoms with Gasteiger partial charge < -0.3 is 9.35 Å². The van der Waals surface area contributed by atoms with Gasteiger partial charge >= 0.3 is 0 Å². The molecular weight excluding hydrogens is 521 g/mol. The lowest BCUT2D eigenvalue weighted by atomic mass is 10.00. The van der Waals surface area contributed by atoms with Gasteiger partial charge in [0.2, 0.25) is 0 Å². The van der Waals surface area contributed by atoms with Gasteiger partial charge in [0.15, 0.2) is 16.5 Å². The molecule has 0 aliphatic rings. The number of benzene rings is 4. The molecule has 0 fully saturated rings. The largest absolute Gasteiger partial charge is 0.320 e. The summed E-state index contributed by atoms with van der Waals surface area (Å²) in [6.07, 6.45) is 0. The van der Waals surface area contributed by atoms with Gasteiger partial charge in [-0.15, -0.1) is 0 Å². The highest BCUT2D eigenvalue weighted by Gasteiger charge is 2.28. The standard InChI is InChI=1S/C34H42N4Si2/c1-39(2,3)37(27-29-19-11-7-12-20-29)35-33(31-23-15-9-16-24-31)34(32-25-17-10-18-26-32)36-38(40(4,5)6)28-30-21-13-8-14-22-30/h7-26H,27-28H2,1-6H3/b35-33+,36-34+. The maximum Gasteiger partial charge on any atom is 0.169 e. The van der Waals surface area contributed by atoms with Gasteiger partial charge in [0.05, 0.1) is 13.1 Å². The Hall–Kier alpha value is -3.75. The molecule has 0 aromatic heterocycles. The lowest BCUT2D eigenvalue weighted by Crippen LogP contribution is -2.44. The molecule has 4 aromatic rings. The van der Waals surface area contributed by atoms with Gasteiger partial charge in [-0.25, -0.2) is 0 Å². The number of hydrogen-bond donors (Lipinski definition) is 0. The van der Waals surface area contributed by atoms with E-state index in [0.29, 0.717) is 0 Å². The zero-order valence-corrected chi connectivity index (χ0v) is 26.8. The lowest BCUT2D eigenvalue weighted by molar-refractivity contribution is 0.440. The molecule has 0 heterocycles. The fourth-order valence-electron chi connectivity index (χ4n) is 4.27. The summed E-state index contributed by atoms with van der Waals surface area (Å²) >= 11 is 0. The van der Waals surface area contributed by atoms with Crippen LogP contribution in [0.3, 0.4) is 0 Å². The highest BCUT2D eigenvalue weighted by Crippen LogP contribution is 2.21. The fourth-order valence-corrected chi connectivity index (χ4v) is 6.39. The van der Waals surface area contributed by atoms with Crippen LogP contribution in [0.15, 0.2) is 132 Å². The second kappa shape index (κ2) is 13.1. The van der Waals surface area contributed by atoms with Crippen molar-refractivity contribution in [3.8, 4) is 0 Å². The molecule has 4 rings (SSSR count). The second-order valence-corrected chi connectivity index (χ2v) is 21.8. The van der Waals surface area contributed by atoms with Crippen LogP contribution >= 0.6 is 0 Å². The van der Waals surface area contributed by atoms with E-state index in [4.69, 9.17) is 10.2 Å². The maximum absolute atomic E-state index is 5.50. The summed E-state index contributed by atoms with van der Waals surface area (Å²) in [7, 11) is -3.73. The highest BCUT2D eigenvalue weighted by atomic mass is 28.3. The van der Waals surface area contributed by atoms with Crippen LogP contribution in [0.25, 0.3) is 0 Å². The van der Waals surface area contributed by atoms with E-state index in [1.54, 1.807) is 0 Å². The van der Waals surface area contributed by atoms with Crippen molar-refractivity contribution in [2.24, 2.45) is 10.2 Å².